The molecular weight excluding hydrogens is 430 g/mol. The molecule has 1 N–H and O–H groups in total. The van der Waals surface area contributed by atoms with Crippen molar-refractivity contribution in [3.05, 3.63) is 65.9 Å². The van der Waals surface area contributed by atoms with Crippen LogP contribution in [0.2, 0.25) is 0 Å². The van der Waals surface area contributed by atoms with E-state index in [0.29, 0.717) is 38.4 Å². The molecule has 0 bridgehead atoms. The summed E-state index contributed by atoms with van der Waals surface area (Å²) in [5.41, 5.74) is 1.44. The molecule has 0 aliphatic carbocycles. The standard InChI is InChI=1S/C27H33N3O4/c1-19(2)34-15-7-14-28-26(32)27(3)18-29-23-9-6-5-8-21(23)16-24(29)25(31)30(27)17-20-10-12-22(33-4)13-11-20/h5-6,8-13,16,19H,7,14-15,17-18H2,1-4H3,(H,28,32)/t27-/m1/s1. The van der Waals surface area contributed by atoms with Crippen molar-refractivity contribution >= 4 is 22.7 Å². The van der Waals surface area contributed by atoms with Crippen LogP contribution >= 0.6 is 0 Å². The van der Waals surface area contributed by atoms with Crippen molar-refractivity contribution in [3.63, 3.8) is 0 Å². The fourth-order valence-corrected chi connectivity index (χ4v) is 4.45. The van der Waals surface area contributed by atoms with Crippen molar-refractivity contribution in [1.82, 2.24) is 14.8 Å². The highest BCUT2D eigenvalue weighted by Gasteiger charge is 2.47. The predicted molar refractivity (Wildman–Crippen MR) is 132 cm³/mol. The largest absolute Gasteiger partial charge is 0.497 e. The molecule has 180 valence electrons. The highest BCUT2D eigenvalue weighted by atomic mass is 16.5. The van der Waals surface area contributed by atoms with Gasteiger partial charge in [-0.2, -0.15) is 0 Å². The van der Waals surface area contributed by atoms with E-state index in [0.717, 1.165) is 22.2 Å². The van der Waals surface area contributed by atoms with Gasteiger partial charge in [0.1, 0.15) is 17.0 Å². The number of benzene rings is 2. The Balaban J connectivity index is 1.63. The van der Waals surface area contributed by atoms with Gasteiger partial charge in [0.05, 0.1) is 19.8 Å². The lowest BCUT2D eigenvalue weighted by atomic mass is 9.93. The molecule has 34 heavy (non-hydrogen) atoms. The minimum absolute atomic E-state index is 0.154. The number of nitrogens with zero attached hydrogens (tertiary/aromatic N) is 2. The highest BCUT2D eigenvalue weighted by molar-refractivity contribution is 6.03. The Morgan fingerprint density at radius 1 is 1.15 bits per heavy atom. The molecule has 2 amide bonds. The molecule has 7 heteroatoms. The van der Waals surface area contributed by atoms with Gasteiger partial charge in [-0.15, -0.1) is 0 Å². The lowest BCUT2D eigenvalue weighted by Gasteiger charge is -2.44. The fourth-order valence-electron chi connectivity index (χ4n) is 4.45. The number of carbonyl (C=O) groups excluding carboxylic acids is 2. The second kappa shape index (κ2) is 9.89. The Bertz CT molecular complexity index is 1170. The van der Waals surface area contributed by atoms with Crippen LogP contribution in [0.5, 0.6) is 5.75 Å². The first-order valence-electron chi connectivity index (χ1n) is 11.8. The van der Waals surface area contributed by atoms with Crippen molar-refractivity contribution in [2.75, 3.05) is 20.3 Å². The number of para-hydroxylation sites is 1. The first-order valence-corrected chi connectivity index (χ1v) is 11.8. The molecule has 4 rings (SSSR count). The normalized spacial score (nSPS) is 17.8. The third kappa shape index (κ3) is 4.66. The van der Waals surface area contributed by atoms with Gasteiger partial charge in [-0.05, 0) is 57.0 Å². The molecule has 1 atom stereocenters. The summed E-state index contributed by atoms with van der Waals surface area (Å²) in [4.78, 5) is 29.0. The lowest BCUT2D eigenvalue weighted by molar-refractivity contribution is -0.133. The van der Waals surface area contributed by atoms with E-state index in [1.54, 1.807) is 12.0 Å². The molecule has 0 saturated heterocycles. The number of amides is 2. The zero-order valence-corrected chi connectivity index (χ0v) is 20.3. The number of rotatable bonds is 9. The minimum Gasteiger partial charge on any atom is -0.497 e. The SMILES string of the molecule is COc1ccc(CN2C(=O)c3cc4ccccc4n3C[C@]2(C)C(=O)NCCCOC(C)C)cc1. The van der Waals surface area contributed by atoms with E-state index in [4.69, 9.17) is 9.47 Å². The van der Waals surface area contributed by atoms with E-state index < -0.39 is 5.54 Å². The number of ether oxygens (including phenoxy) is 2. The van der Waals surface area contributed by atoms with Gasteiger partial charge in [0.15, 0.2) is 0 Å². The predicted octanol–water partition coefficient (Wildman–Crippen LogP) is 4.00. The van der Waals surface area contributed by atoms with E-state index in [2.05, 4.69) is 5.32 Å². The average molecular weight is 464 g/mol. The maximum atomic E-state index is 13.8. The van der Waals surface area contributed by atoms with Crippen LogP contribution in [0.15, 0.2) is 54.6 Å². The maximum Gasteiger partial charge on any atom is 0.271 e. The van der Waals surface area contributed by atoms with E-state index >= 15 is 0 Å². The third-order valence-corrected chi connectivity index (χ3v) is 6.38. The number of carbonyl (C=O) groups is 2. The minimum atomic E-state index is -1.05. The molecule has 3 aromatic rings. The second-order valence-corrected chi connectivity index (χ2v) is 9.22. The van der Waals surface area contributed by atoms with Crippen molar-refractivity contribution in [1.29, 1.82) is 0 Å². The summed E-state index contributed by atoms with van der Waals surface area (Å²) in [6.45, 7) is 7.61. The van der Waals surface area contributed by atoms with Gasteiger partial charge < -0.3 is 24.3 Å². The van der Waals surface area contributed by atoms with Crippen LogP contribution in [-0.4, -0.2) is 53.2 Å². The molecule has 0 fully saturated rings. The Kier molecular flexibility index (Phi) is 6.93. The summed E-state index contributed by atoms with van der Waals surface area (Å²) in [5, 5.41) is 4.04. The van der Waals surface area contributed by atoms with Gasteiger partial charge in [0, 0.05) is 30.6 Å². The van der Waals surface area contributed by atoms with Crippen LogP contribution in [-0.2, 0) is 22.6 Å². The third-order valence-electron chi connectivity index (χ3n) is 6.38. The fraction of sp³-hybridized carbons (Fsp3) is 0.407. The molecule has 0 unspecified atom stereocenters. The van der Waals surface area contributed by atoms with Gasteiger partial charge >= 0.3 is 0 Å². The van der Waals surface area contributed by atoms with Crippen LogP contribution in [0, 0.1) is 0 Å². The zero-order chi connectivity index (χ0) is 24.3. The molecule has 2 aromatic carbocycles. The number of hydrogen-bond donors (Lipinski definition) is 1. The van der Waals surface area contributed by atoms with Gasteiger partial charge in [0.25, 0.3) is 5.91 Å². The highest BCUT2D eigenvalue weighted by Crippen LogP contribution is 2.33. The van der Waals surface area contributed by atoms with Crippen molar-refractivity contribution < 1.29 is 19.1 Å². The van der Waals surface area contributed by atoms with E-state index in [-0.39, 0.29) is 17.9 Å². The first-order chi connectivity index (χ1) is 16.3. The Hall–Kier alpha value is -3.32. The molecule has 7 nitrogen and oxygen atoms in total. The summed E-state index contributed by atoms with van der Waals surface area (Å²) in [6, 6.07) is 17.4. The number of nitrogens with one attached hydrogen (secondary N) is 1. The quantitative estimate of drug-likeness (QED) is 0.487. The molecule has 2 heterocycles. The summed E-state index contributed by atoms with van der Waals surface area (Å²) < 4.78 is 12.8. The summed E-state index contributed by atoms with van der Waals surface area (Å²) in [6.07, 6.45) is 0.869. The number of methoxy groups -OCH3 is 1. The molecule has 1 aromatic heterocycles. The second-order valence-electron chi connectivity index (χ2n) is 9.22. The van der Waals surface area contributed by atoms with E-state index in [9.17, 15) is 9.59 Å². The Morgan fingerprint density at radius 3 is 2.59 bits per heavy atom. The van der Waals surface area contributed by atoms with Gasteiger partial charge in [0.2, 0.25) is 5.91 Å². The van der Waals surface area contributed by atoms with Gasteiger partial charge in [-0.1, -0.05) is 30.3 Å². The summed E-state index contributed by atoms with van der Waals surface area (Å²) in [5.74, 6) is 0.430. The molecule has 1 aliphatic heterocycles. The van der Waals surface area contributed by atoms with Gasteiger partial charge in [-0.3, -0.25) is 9.59 Å². The Morgan fingerprint density at radius 2 is 1.88 bits per heavy atom. The topological polar surface area (TPSA) is 72.8 Å². The van der Waals surface area contributed by atoms with Crippen molar-refractivity contribution in [2.45, 2.75) is 51.9 Å². The monoisotopic (exact) mass is 463 g/mol. The maximum absolute atomic E-state index is 13.8. The van der Waals surface area contributed by atoms with Crippen LogP contribution in [0.25, 0.3) is 10.9 Å². The van der Waals surface area contributed by atoms with E-state index in [1.165, 1.54) is 0 Å². The van der Waals surface area contributed by atoms with E-state index in [1.807, 2.05) is 79.9 Å². The Labute approximate surface area is 200 Å². The molecule has 0 radical (unpaired) electrons. The van der Waals surface area contributed by atoms with Crippen LogP contribution < -0.4 is 10.1 Å². The smallest absolute Gasteiger partial charge is 0.271 e. The molecular formula is C27H33N3O4. The molecule has 0 spiro atoms. The zero-order valence-electron chi connectivity index (χ0n) is 20.3. The number of aromatic nitrogens is 1. The van der Waals surface area contributed by atoms with Crippen LogP contribution in [0.1, 0.15) is 43.2 Å². The van der Waals surface area contributed by atoms with Crippen molar-refractivity contribution in [2.24, 2.45) is 0 Å². The lowest BCUT2D eigenvalue weighted by Crippen LogP contribution is -2.63. The van der Waals surface area contributed by atoms with Gasteiger partial charge in [-0.25, -0.2) is 0 Å². The first kappa shape index (κ1) is 23.8. The number of fused-ring (bicyclic) bond motifs is 3. The summed E-state index contributed by atoms with van der Waals surface area (Å²) in [7, 11) is 1.62. The molecule has 0 saturated carbocycles. The average Bonchev–Trinajstić information content (AvgIpc) is 3.20. The van der Waals surface area contributed by atoms with Crippen molar-refractivity contribution in [3.8, 4) is 5.75 Å². The van der Waals surface area contributed by atoms with Crippen LogP contribution in [0.3, 0.4) is 0 Å². The molecule has 1 aliphatic rings. The van der Waals surface area contributed by atoms with Crippen LogP contribution in [0.4, 0.5) is 0 Å². The summed E-state index contributed by atoms with van der Waals surface area (Å²) >= 11 is 0. The number of hydrogen-bond acceptors (Lipinski definition) is 4.